The molecule has 0 spiro atoms. The van der Waals surface area contributed by atoms with Gasteiger partial charge < -0.3 is 5.32 Å². The Morgan fingerprint density at radius 2 is 2.00 bits per heavy atom. The standard InChI is InChI=1S/C16H14N4O3/c1-11-14-7-2-3-8-15(21)16(14)19(18-11)10-17-12-5-4-6-13(9-12)20(22)23/h2-9,17H,10H2,1H3. The molecule has 23 heavy (non-hydrogen) atoms. The van der Waals surface area contributed by atoms with Crippen LogP contribution in [-0.2, 0) is 6.67 Å². The van der Waals surface area contributed by atoms with E-state index in [4.69, 9.17) is 0 Å². The number of anilines is 1. The van der Waals surface area contributed by atoms with Gasteiger partial charge in [-0.05, 0) is 19.1 Å². The van der Waals surface area contributed by atoms with Gasteiger partial charge in [0.2, 0.25) is 5.43 Å². The van der Waals surface area contributed by atoms with Gasteiger partial charge in [-0.2, -0.15) is 5.10 Å². The monoisotopic (exact) mass is 310 g/mol. The summed E-state index contributed by atoms with van der Waals surface area (Å²) in [6.45, 7) is 2.08. The number of benzene rings is 1. The van der Waals surface area contributed by atoms with Crippen molar-refractivity contribution < 1.29 is 4.92 Å². The molecule has 0 aliphatic heterocycles. The molecule has 0 bridgehead atoms. The largest absolute Gasteiger partial charge is 0.366 e. The van der Waals surface area contributed by atoms with Crippen LogP contribution < -0.4 is 10.7 Å². The van der Waals surface area contributed by atoms with Crippen LogP contribution in [0.2, 0.25) is 0 Å². The number of non-ortho nitro benzene ring substituents is 1. The van der Waals surface area contributed by atoms with E-state index < -0.39 is 4.92 Å². The molecule has 1 heterocycles. The van der Waals surface area contributed by atoms with Crippen LogP contribution in [0.25, 0.3) is 10.9 Å². The first-order chi connectivity index (χ1) is 11.1. The van der Waals surface area contributed by atoms with Crippen molar-refractivity contribution in [2.75, 3.05) is 5.32 Å². The smallest absolute Gasteiger partial charge is 0.271 e. The number of nitrogens with zero attached hydrogens (tertiary/aromatic N) is 3. The average molecular weight is 310 g/mol. The number of aryl methyl sites for hydroxylation is 1. The Balaban J connectivity index is 1.94. The van der Waals surface area contributed by atoms with Gasteiger partial charge in [0, 0.05) is 23.2 Å². The summed E-state index contributed by atoms with van der Waals surface area (Å²) in [5.74, 6) is 0. The number of fused-ring (bicyclic) bond motifs is 1. The number of nitro groups is 1. The van der Waals surface area contributed by atoms with Gasteiger partial charge in [0.1, 0.15) is 12.2 Å². The highest BCUT2D eigenvalue weighted by Crippen LogP contribution is 2.18. The van der Waals surface area contributed by atoms with E-state index >= 15 is 0 Å². The number of hydrogen-bond acceptors (Lipinski definition) is 5. The van der Waals surface area contributed by atoms with Crippen molar-refractivity contribution in [1.82, 2.24) is 9.78 Å². The molecule has 7 heteroatoms. The molecule has 2 aromatic carbocycles. The highest BCUT2D eigenvalue weighted by atomic mass is 16.6. The Bertz CT molecular complexity index is 949. The van der Waals surface area contributed by atoms with Gasteiger partial charge in [-0.1, -0.05) is 24.3 Å². The maximum atomic E-state index is 12.2. The van der Waals surface area contributed by atoms with E-state index in [1.54, 1.807) is 28.9 Å². The molecule has 7 nitrogen and oxygen atoms in total. The van der Waals surface area contributed by atoms with Crippen molar-refractivity contribution >= 4 is 22.3 Å². The number of nitro benzene ring substituents is 1. The summed E-state index contributed by atoms with van der Waals surface area (Å²) in [7, 11) is 0. The second-order valence-corrected chi connectivity index (χ2v) is 5.07. The van der Waals surface area contributed by atoms with Crippen LogP contribution in [0, 0.1) is 17.0 Å². The SMILES string of the molecule is Cc1nn(CNc2cccc([N+](=O)[O-])c2)c2c(=O)ccccc12. The molecule has 1 aromatic heterocycles. The predicted octanol–water partition coefficient (Wildman–Crippen LogP) is 2.68. The second kappa shape index (κ2) is 5.88. The zero-order valence-corrected chi connectivity index (χ0v) is 12.4. The Morgan fingerprint density at radius 3 is 2.78 bits per heavy atom. The Labute approximate surface area is 131 Å². The van der Waals surface area contributed by atoms with Crippen LogP contribution in [-0.4, -0.2) is 14.7 Å². The van der Waals surface area contributed by atoms with Crippen LogP contribution in [0.15, 0.2) is 53.3 Å². The molecular weight excluding hydrogens is 296 g/mol. The third kappa shape index (κ3) is 2.89. The molecule has 0 atom stereocenters. The molecule has 0 saturated heterocycles. The number of hydrogen-bond donors (Lipinski definition) is 1. The van der Waals surface area contributed by atoms with Crippen molar-refractivity contribution in [3.05, 3.63) is 74.6 Å². The summed E-state index contributed by atoms with van der Waals surface area (Å²) in [6, 6.07) is 13.0. The second-order valence-electron chi connectivity index (χ2n) is 5.07. The van der Waals surface area contributed by atoms with Crippen molar-refractivity contribution in [1.29, 1.82) is 0 Å². The van der Waals surface area contributed by atoms with E-state index in [1.807, 2.05) is 13.0 Å². The lowest BCUT2D eigenvalue weighted by Crippen LogP contribution is -2.13. The summed E-state index contributed by atoms with van der Waals surface area (Å²) in [6.07, 6.45) is 0. The topological polar surface area (TPSA) is 90.1 Å². The Kier molecular flexibility index (Phi) is 3.76. The number of aromatic nitrogens is 2. The van der Waals surface area contributed by atoms with Crippen molar-refractivity contribution in [2.45, 2.75) is 13.6 Å². The van der Waals surface area contributed by atoms with Crippen LogP contribution in [0.5, 0.6) is 0 Å². The quantitative estimate of drug-likeness (QED) is 0.591. The first kappa shape index (κ1) is 14.7. The predicted molar refractivity (Wildman–Crippen MR) is 87.5 cm³/mol. The molecule has 0 unspecified atom stereocenters. The molecule has 116 valence electrons. The average Bonchev–Trinajstić information content (AvgIpc) is 2.71. The lowest BCUT2D eigenvalue weighted by atomic mass is 10.3. The van der Waals surface area contributed by atoms with Gasteiger partial charge in [0.05, 0.1) is 10.6 Å². The van der Waals surface area contributed by atoms with Crippen LogP contribution in [0.3, 0.4) is 0 Å². The summed E-state index contributed by atoms with van der Waals surface area (Å²) in [5.41, 5.74) is 1.74. The zero-order valence-electron chi connectivity index (χ0n) is 12.4. The molecule has 1 N–H and O–H groups in total. The molecule has 0 aliphatic carbocycles. The van der Waals surface area contributed by atoms with E-state index in [2.05, 4.69) is 10.4 Å². The van der Waals surface area contributed by atoms with Crippen LogP contribution in [0.1, 0.15) is 5.69 Å². The molecule has 0 fully saturated rings. The van der Waals surface area contributed by atoms with Crippen molar-refractivity contribution in [3.8, 4) is 0 Å². The van der Waals surface area contributed by atoms with Gasteiger partial charge in [0.25, 0.3) is 5.69 Å². The molecule has 3 rings (SSSR count). The van der Waals surface area contributed by atoms with E-state index in [-0.39, 0.29) is 17.8 Å². The highest BCUT2D eigenvalue weighted by Gasteiger charge is 2.10. The Morgan fingerprint density at radius 1 is 1.22 bits per heavy atom. The first-order valence-corrected chi connectivity index (χ1v) is 7.01. The zero-order chi connectivity index (χ0) is 16.4. The number of rotatable bonds is 4. The van der Waals surface area contributed by atoms with Gasteiger partial charge in [0.15, 0.2) is 0 Å². The minimum atomic E-state index is -0.450. The first-order valence-electron chi connectivity index (χ1n) is 7.01. The van der Waals surface area contributed by atoms with Crippen molar-refractivity contribution in [2.24, 2.45) is 0 Å². The molecule has 0 saturated carbocycles. The minimum Gasteiger partial charge on any atom is -0.366 e. The molecule has 0 radical (unpaired) electrons. The van der Waals surface area contributed by atoms with Gasteiger partial charge >= 0.3 is 0 Å². The summed E-state index contributed by atoms with van der Waals surface area (Å²) < 4.78 is 1.58. The van der Waals surface area contributed by atoms with E-state index in [1.165, 1.54) is 18.2 Å². The van der Waals surface area contributed by atoms with Crippen LogP contribution in [0.4, 0.5) is 11.4 Å². The lowest BCUT2D eigenvalue weighted by molar-refractivity contribution is -0.384. The van der Waals surface area contributed by atoms with Gasteiger partial charge in [-0.25, -0.2) is 4.68 Å². The fourth-order valence-electron chi connectivity index (χ4n) is 2.44. The number of nitrogens with one attached hydrogen (secondary N) is 1. The van der Waals surface area contributed by atoms with E-state index in [0.29, 0.717) is 11.2 Å². The summed E-state index contributed by atoms with van der Waals surface area (Å²) in [4.78, 5) is 22.5. The van der Waals surface area contributed by atoms with Gasteiger partial charge in [-0.15, -0.1) is 0 Å². The van der Waals surface area contributed by atoms with E-state index in [9.17, 15) is 14.9 Å². The lowest BCUT2D eigenvalue weighted by Gasteiger charge is -2.07. The molecular formula is C16H14N4O3. The third-order valence-electron chi connectivity index (χ3n) is 3.52. The fourth-order valence-corrected chi connectivity index (χ4v) is 2.44. The summed E-state index contributed by atoms with van der Waals surface area (Å²) >= 11 is 0. The van der Waals surface area contributed by atoms with Crippen LogP contribution >= 0.6 is 0 Å². The maximum absolute atomic E-state index is 12.2. The highest BCUT2D eigenvalue weighted by molar-refractivity contribution is 5.80. The maximum Gasteiger partial charge on any atom is 0.271 e. The normalized spacial score (nSPS) is 10.7. The summed E-state index contributed by atoms with van der Waals surface area (Å²) in [5, 5.41) is 19.0. The fraction of sp³-hybridized carbons (Fsp3) is 0.125. The van der Waals surface area contributed by atoms with Gasteiger partial charge in [-0.3, -0.25) is 14.9 Å². The third-order valence-corrected chi connectivity index (χ3v) is 3.52. The molecule has 0 amide bonds. The van der Waals surface area contributed by atoms with E-state index in [0.717, 1.165) is 11.1 Å². The Hall–Kier alpha value is -3.22. The molecule has 3 aromatic rings. The van der Waals surface area contributed by atoms with Crippen molar-refractivity contribution in [3.63, 3.8) is 0 Å². The molecule has 0 aliphatic rings. The minimum absolute atomic E-state index is 0.00687.